The Kier molecular flexibility index (Phi) is 6.62. The minimum atomic E-state index is -4.56. The first kappa shape index (κ1) is 18.0. The molecule has 0 radical (unpaired) electrons. The second-order valence-corrected chi connectivity index (χ2v) is 4.03. The van der Waals surface area contributed by atoms with Crippen LogP contribution < -0.4 is 5.73 Å². The van der Waals surface area contributed by atoms with E-state index in [4.69, 9.17) is 17.3 Å². The van der Waals surface area contributed by atoms with Gasteiger partial charge in [0.15, 0.2) is 0 Å². The molecule has 0 aromatic heterocycles. The van der Waals surface area contributed by atoms with E-state index in [0.29, 0.717) is 0 Å². The van der Waals surface area contributed by atoms with Crippen LogP contribution in [0.1, 0.15) is 23.6 Å². The fourth-order valence-corrected chi connectivity index (χ4v) is 1.60. The number of ether oxygens (including phenoxy) is 1. The lowest BCUT2D eigenvalue weighted by Crippen LogP contribution is -2.17. The van der Waals surface area contributed by atoms with Crippen LogP contribution in [0.3, 0.4) is 0 Å². The first-order valence-corrected chi connectivity index (χ1v) is 5.32. The summed E-state index contributed by atoms with van der Waals surface area (Å²) < 4.78 is 42.2. The van der Waals surface area contributed by atoms with E-state index in [1.54, 1.807) is 0 Å². The molecule has 0 bridgehead atoms. The highest BCUT2D eigenvalue weighted by Crippen LogP contribution is 2.36. The van der Waals surface area contributed by atoms with Crippen LogP contribution in [0.5, 0.6) is 0 Å². The predicted molar refractivity (Wildman–Crippen MR) is 67.3 cm³/mol. The molecule has 3 nitrogen and oxygen atoms in total. The molecule has 0 saturated heterocycles. The maximum Gasteiger partial charge on any atom is 0.417 e. The van der Waals surface area contributed by atoms with E-state index >= 15 is 0 Å². The van der Waals surface area contributed by atoms with Gasteiger partial charge in [-0.3, -0.25) is 4.79 Å². The predicted octanol–water partition coefficient (Wildman–Crippen LogP) is 3.34. The van der Waals surface area contributed by atoms with Gasteiger partial charge in [-0.1, -0.05) is 17.7 Å². The molecule has 0 heterocycles. The third-order valence-electron chi connectivity index (χ3n) is 2.34. The van der Waals surface area contributed by atoms with Crippen molar-refractivity contribution in [2.75, 3.05) is 7.11 Å². The number of hydrogen-bond acceptors (Lipinski definition) is 3. The molecule has 0 unspecified atom stereocenters. The topological polar surface area (TPSA) is 52.3 Å². The van der Waals surface area contributed by atoms with Gasteiger partial charge in [-0.15, -0.1) is 12.4 Å². The van der Waals surface area contributed by atoms with Gasteiger partial charge in [-0.25, -0.2) is 0 Å². The fraction of sp³-hybridized carbons (Fsp3) is 0.364. The van der Waals surface area contributed by atoms with Crippen LogP contribution in [0.25, 0.3) is 0 Å². The van der Waals surface area contributed by atoms with Crippen molar-refractivity contribution in [2.24, 2.45) is 5.73 Å². The summed E-state index contributed by atoms with van der Waals surface area (Å²) in [5.74, 6) is -0.592. The number of esters is 1. The van der Waals surface area contributed by atoms with Crippen molar-refractivity contribution >= 4 is 30.0 Å². The molecule has 1 aromatic rings. The van der Waals surface area contributed by atoms with Crippen LogP contribution in [-0.4, -0.2) is 13.1 Å². The van der Waals surface area contributed by atoms with Crippen molar-refractivity contribution in [1.82, 2.24) is 0 Å². The monoisotopic (exact) mass is 317 g/mol. The zero-order chi connectivity index (χ0) is 13.9. The molecule has 8 heteroatoms. The van der Waals surface area contributed by atoms with Crippen LogP contribution in [0.4, 0.5) is 13.2 Å². The molecule has 0 aliphatic carbocycles. The van der Waals surface area contributed by atoms with E-state index in [2.05, 4.69) is 4.74 Å². The standard InChI is InChI=1S/C11H11ClF3NO2.ClH/c1-18-10(17)5-9(16)6-2-3-8(12)7(4-6)11(13,14)15;/h2-4,9H,5,16H2,1H3;1H/t9-;/m1./s1. The van der Waals surface area contributed by atoms with Crippen LogP contribution in [0, 0.1) is 0 Å². The van der Waals surface area contributed by atoms with Gasteiger partial charge in [-0.2, -0.15) is 13.2 Å². The molecule has 0 saturated carbocycles. The van der Waals surface area contributed by atoms with E-state index < -0.39 is 28.8 Å². The molecular weight excluding hydrogens is 306 g/mol. The maximum atomic E-state index is 12.6. The number of halogens is 5. The lowest BCUT2D eigenvalue weighted by atomic mass is 10.0. The van der Waals surface area contributed by atoms with Gasteiger partial charge < -0.3 is 10.5 Å². The summed E-state index contributed by atoms with van der Waals surface area (Å²) in [5.41, 5.74) is 4.83. The first-order chi connectivity index (χ1) is 8.25. The molecule has 0 aliphatic rings. The third-order valence-corrected chi connectivity index (χ3v) is 2.67. The third kappa shape index (κ3) is 4.89. The molecule has 108 valence electrons. The van der Waals surface area contributed by atoms with Gasteiger partial charge >= 0.3 is 12.1 Å². The largest absolute Gasteiger partial charge is 0.469 e. The lowest BCUT2D eigenvalue weighted by Gasteiger charge is -2.14. The molecule has 0 amide bonds. The summed E-state index contributed by atoms with van der Waals surface area (Å²) in [4.78, 5) is 11.0. The summed E-state index contributed by atoms with van der Waals surface area (Å²) in [6, 6.07) is 2.44. The molecule has 0 spiro atoms. The second kappa shape index (κ2) is 6.98. The number of carbonyl (C=O) groups is 1. The van der Waals surface area contributed by atoms with E-state index in [-0.39, 0.29) is 24.4 Å². The maximum absolute atomic E-state index is 12.6. The Morgan fingerprint density at radius 2 is 2.05 bits per heavy atom. The highest BCUT2D eigenvalue weighted by molar-refractivity contribution is 6.31. The summed E-state index contributed by atoms with van der Waals surface area (Å²) >= 11 is 5.47. The van der Waals surface area contributed by atoms with E-state index in [9.17, 15) is 18.0 Å². The Balaban J connectivity index is 0.00000324. The number of nitrogens with two attached hydrogens (primary N) is 1. The van der Waals surface area contributed by atoms with Crippen molar-refractivity contribution in [2.45, 2.75) is 18.6 Å². The highest BCUT2D eigenvalue weighted by Gasteiger charge is 2.33. The second-order valence-electron chi connectivity index (χ2n) is 3.62. The van der Waals surface area contributed by atoms with Crippen molar-refractivity contribution in [3.63, 3.8) is 0 Å². The van der Waals surface area contributed by atoms with E-state index in [0.717, 1.165) is 12.1 Å². The van der Waals surface area contributed by atoms with Gasteiger partial charge in [0.05, 0.1) is 24.1 Å². The van der Waals surface area contributed by atoms with Crippen LogP contribution in [0.2, 0.25) is 5.02 Å². The lowest BCUT2D eigenvalue weighted by molar-refractivity contribution is -0.141. The number of rotatable bonds is 3. The SMILES string of the molecule is COC(=O)C[C@@H](N)c1ccc(Cl)c(C(F)(F)F)c1.Cl. The Labute approximate surface area is 119 Å². The van der Waals surface area contributed by atoms with Gasteiger partial charge in [0.2, 0.25) is 0 Å². The zero-order valence-electron chi connectivity index (χ0n) is 9.83. The zero-order valence-corrected chi connectivity index (χ0v) is 11.4. The van der Waals surface area contributed by atoms with Gasteiger partial charge in [0, 0.05) is 6.04 Å². The minimum Gasteiger partial charge on any atom is -0.469 e. The number of methoxy groups -OCH3 is 1. The normalized spacial score (nSPS) is 12.5. The fourth-order valence-electron chi connectivity index (χ4n) is 1.37. The molecule has 19 heavy (non-hydrogen) atoms. The average molecular weight is 318 g/mol. The number of benzene rings is 1. The summed E-state index contributed by atoms with van der Waals surface area (Å²) in [6.07, 6.45) is -4.76. The summed E-state index contributed by atoms with van der Waals surface area (Å²) in [7, 11) is 1.18. The van der Waals surface area contributed by atoms with E-state index in [1.807, 2.05) is 0 Å². The van der Waals surface area contributed by atoms with Gasteiger partial charge in [0.25, 0.3) is 0 Å². The quantitative estimate of drug-likeness (QED) is 0.870. The molecule has 1 rings (SSSR count). The summed E-state index contributed by atoms with van der Waals surface area (Å²) in [6.45, 7) is 0. The molecule has 0 aliphatic heterocycles. The van der Waals surface area contributed by atoms with E-state index in [1.165, 1.54) is 13.2 Å². The molecule has 1 aromatic carbocycles. The molecular formula is C11H12Cl2F3NO2. The van der Waals surface area contributed by atoms with Crippen LogP contribution in [0.15, 0.2) is 18.2 Å². The van der Waals surface area contributed by atoms with Crippen molar-refractivity contribution in [1.29, 1.82) is 0 Å². The smallest absolute Gasteiger partial charge is 0.417 e. The molecule has 1 atom stereocenters. The van der Waals surface area contributed by atoms with Crippen molar-refractivity contribution < 1.29 is 22.7 Å². The summed E-state index contributed by atoms with van der Waals surface area (Å²) in [5, 5.41) is -0.406. The highest BCUT2D eigenvalue weighted by atomic mass is 35.5. The van der Waals surface area contributed by atoms with Crippen LogP contribution >= 0.6 is 24.0 Å². The number of alkyl halides is 3. The minimum absolute atomic E-state index is 0. The average Bonchev–Trinajstić information content (AvgIpc) is 2.27. The van der Waals surface area contributed by atoms with Crippen molar-refractivity contribution in [3.05, 3.63) is 34.3 Å². The number of carbonyl (C=O) groups excluding carboxylic acids is 1. The molecule has 2 N–H and O–H groups in total. The van der Waals surface area contributed by atoms with Gasteiger partial charge in [0.1, 0.15) is 0 Å². The molecule has 0 fully saturated rings. The Hall–Kier alpha value is -0.980. The van der Waals surface area contributed by atoms with Gasteiger partial charge in [-0.05, 0) is 17.7 Å². The number of hydrogen-bond donors (Lipinski definition) is 1. The Morgan fingerprint density at radius 1 is 1.47 bits per heavy atom. The first-order valence-electron chi connectivity index (χ1n) is 4.94. The Bertz CT molecular complexity index is 452. The van der Waals surface area contributed by atoms with Crippen LogP contribution in [-0.2, 0) is 15.7 Å². The van der Waals surface area contributed by atoms with Crippen molar-refractivity contribution in [3.8, 4) is 0 Å². The Morgan fingerprint density at radius 3 is 2.53 bits per heavy atom.